The van der Waals surface area contributed by atoms with Crippen molar-refractivity contribution in [3.63, 3.8) is 0 Å². The summed E-state index contributed by atoms with van der Waals surface area (Å²) < 4.78 is 1.69. The van der Waals surface area contributed by atoms with Crippen LogP contribution < -0.4 is 25.4 Å². The van der Waals surface area contributed by atoms with Gasteiger partial charge in [0.1, 0.15) is 15.3 Å². The monoisotopic (exact) mass is 505 g/mol. The zero-order valence-corrected chi connectivity index (χ0v) is 20.7. The number of likely N-dealkylation sites (tertiary alicyclic amines) is 1. The van der Waals surface area contributed by atoms with E-state index in [4.69, 9.17) is 0 Å². The first kappa shape index (κ1) is 25.2. The standard InChI is InChI=1S/C26H27N5O4S/c1-2-31-24(33)22(36-25(31)21(15-27)26(34)35)16-29-20-8-7-17-13-19(6-5-18(17)14-20)23(32)28-9-12-30-10-3-4-11-30/h5-8,13-14,16,29H,2-4,9-12H2,1H3,(H,28,32)(H,34,35). The van der Waals surface area contributed by atoms with Crippen molar-refractivity contribution in [2.75, 3.05) is 31.5 Å². The Morgan fingerprint density at radius 1 is 1.17 bits per heavy atom. The lowest BCUT2D eigenvalue weighted by Crippen LogP contribution is -2.33. The number of rotatable bonds is 8. The van der Waals surface area contributed by atoms with Gasteiger partial charge in [0.25, 0.3) is 11.5 Å². The molecule has 2 heterocycles. The van der Waals surface area contributed by atoms with E-state index in [0.29, 0.717) is 16.6 Å². The minimum atomic E-state index is -1.37. The molecule has 1 amide bonds. The number of aromatic nitrogens is 1. The van der Waals surface area contributed by atoms with Crippen molar-refractivity contribution in [3.05, 3.63) is 61.5 Å². The fourth-order valence-corrected chi connectivity index (χ4v) is 5.32. The smallest absolute Gasteiger partial charge is 0.349 e. The van der Waals surface area contributed by atoms with Crippen molar-refractivity contribution >= 4 is 51.4 Å². The van der Waals surface area contributed by atoms with Gasteiger partial charge in [0.05, 0.1) is 0 Å². The summed E-state index contributed by atoms with van der Waals surface area (Å²) in [7, 11) is 0. The highest BCUT2D eigenvalue weighted by Crippen LogP contribution is 2.21. The molecule has 0 unspecified atom stereocenters. The summed E-state index contributed by atoms with van der Waals surface area (Å²) in [6.07, 6.45) is 3.97. The van der Waals surface area contributed by atoms with E-state index in [2.05, 4.69) is 15.5 Å². The van der Waals surface area contributed by atoms with Crippen molar-refractivity contribution in [1.82, 2.24) is 14.8 Å². The summed E-state index contributed by atoms with van der Waals surface area (Å²) in [5.41, 5.74) is 0.510. The molecule has 0 radical (unpaired) electrons. The fraction of sp³-hybridized carbons (Fsp3) is 0.308. The van der Waals surface area contributed by atoms with Crippen LogP contribution in [-0.2, 0) is 11.3 Å². The molecule has 1 aliphatic rings. The number of thiazole rings is 1. The van der Waals surface area contributed by atoms with E-state index in [9.17, 15) is 24.8 Å². The molecule has 4 rings (SSSR count). The number of carbonyl (C=O) groups excluding carboxylic acids is 1. The molecule has 1 saturated heterocycles. The van der Waals surface area contributed by atoms with Gasteiger partial charge < -0.3 is 20.6 Å². The average Bonchev–Trinajstić information content (AvgIpc) is 3.50. The maximum absolute atomic E-state index is 12.7. The Bertz CT molecular complexity index is 1530. The van der Waals surface area contributed by atoms with Crippen LogP contribution in [0.3, 0.4) is 0 Å². The number of nitrogens with zero attached hydrogens (tertiary/aromatic N) is 3. The number of hydrogen-bond donors (Lipinski definition) is 3. The molecule has 9 nitrogen and oxygen atoms in total. The van der Waals surface area contributed by atoms with Gasteiger partial charge in [-0.15, -0.1) is 11.3 Å². The summed E-state index contributed by atoms with van der Waals surface area (Å²) >= 11 is 0.959. The van der Waals surface area contributed by atoms with E-state index < -0.39 is 11.5 Å². The molecule has 2 aromatic carbocycles. The Morgan fingerprint density at radius 2 is 1.89 bits per heavy atom. The number of carboxylic acid groups (broad SMARTS) is 1. The maximum atomic E-state index is 12.7. The first-order valence-corrected chi connectivity index (χ1v) is 12.6. The summed E-state index contributed by atoms with van der Waals surface area (Å²) in [5, 5.41) is 26.4. The summed E-state index contributed by atoms with van der Waals surface area (Å²) in [6.45, 7) is 5.66. The van der Waals surface area contributed by atoms with Crippen molar-refractivity contribution < 1.29 is 14.7 Å². The van der Waals surface area contributed by atoms with Gasteiger partial charge in [-0.05, 0) is 67.9 Å². The number of hydrogen-bond acceptors (Lipinski definition) is 7. The van der Waals surface area contributed by atoms with Crippen LogP contribution in [0.4, 0.5) is 5.69 Å². The van der Waals surface area contributed by atoms with Crippen LogP contribution in [0.15, 0.2) is 41.2 Å². The second-order valence-electron chi connectivity index (χ2n) is 8.48. The molecule has 3 N–H and O–H groups in total. The molecule has 10 heteroatoms. The maximum Gasteiger partial charge on any atom is 0.349 e. The van der Waals surface area contributed by atoms with Gasteiger partial charge >= 0.3 is 5.97 Å². The molecule has 36 heavy (non-hydrogen) atoms. The number of anilines is 1. The third kappa shape index (κ3) is 5.48. The molecule has 186 valence electrons. The first-order chi connectivity index (χ1) is 17.4. The molecule has 1 fully saturated rings. The van der Waals surface area contributed by atoms with Gasteiger partial charge in [-0.1, -0.05) is 12.1 Å². The number of aliphatic carboxylic acids is 1. The van der Waals surface area contributed by atoms with E-state index in [1.165, 1.54) is 23.6 Å². The largest absolute Gasteiger partial charge is 0.477 e. The molecule has 0 spiro atoms. The lowest BCUT2D eigenvalue weighted by molar-refractivity contribution is -0.130. The quantitative estimate of drug-likeness (QED) is 0.424. The van der Waals surface area contributed by atoms with E-state index in [0.717, 1.165) is 47.4 Å². The second kappa shape index (κ2) is 11.2. The number of nitrogens with one attached hydrogen (secondary N) is 2. The fourth-order valence-electron chi connectivity index (χ4n) is 4.24. The third-order valence-corrected chi connectivity index (χ3v) is 7.28. The summed E-state index contributed by atoms with van der Waals surface area (Å²) in [6, 6.07) is 12.8. The number of benzene rings is 2. The predicted molar refractivity (Wildman–Crippen MR) is 140 cm³/mol. The van der Waals surface area contributed by atoms with Crippen molar-refractivity contribution in [2.45, 2.75) is 26.3 Å². The summed E-state index contributed by atoms with van der Waals surface area (Å²) in [5.74, 6) is -1.46. The predicted octanol–water partition coefficient (Wildman–Crippen LogP) is 1.52. The molecule has 0 atom stereocenters. The highest BCUT2D eigenvalue weighted by Gasteiger charge is 2.14. The Balaban J connectivity index is 1.51. The highest BCUT2D eigenvalue weighted by molar-refractivity contribution is 7.07. The van der Waals surface area contributed by atoms with Gasteiger partial charge in [0, 0.05) is 37.1 Å². The lowest BCUT2D eigenvalue weighted by atomic mass is 10.1. The number of nitriles is 1. The second-order valence-corrected chi connectivity index (χ2v) is 9.51. The molecule has 0 bridgehead atoms. The van der Waals surface area contributed by atoms with E-state index in [-0.39, 0.29) is 22.7 Å². The Morgan fingerprint density at radius 3 is 2.58 bits per heavy atom. The molecule has 1 aliphatic heterocycles. The normalized spacial score (nSPS) is 15.1. The van der Waals surface area contributed by atoms with E-state index in [1.54, 1.807) is 19.1 Å². The lowest BCUT2D eigenvalue weighted by Gasteiger charge is -2.14. The zero-order valence-electron chi connectivity index (χ0n) is 19.9. The highest BCUT2D eigenvalue weighted by atomic mass is 32.1. The molecule has 1 aromatic heterocycles. The van der Waals surface area contributed by atoms with E-state index >= 15 is 0 Å². The van der Waals surface area contributed by atoms with Crippen molar-refractivity contribution in [1.29, 1.82) is 5.26 Å². The number of carbonyl (C=O) groups is 2. The van der Waals surface area contributed by atoms with Gasteiger partial charge in [-0.2, -0.15) is 5.26 Å². The van der Waals surface area contributed by atoms with Crippen LogP contribution in [0.25, 0.3) is 22.5 Å². The SMILES string of the molecule is CCn1c(=C(C#N)C(=O)O)sc(=CNc2ccc3cc(C(=O)NCCN4CCCC4)ccc3c2)c1=O. The van der Waals surface area contributed by atoms with Crippen LogP contribution in [0.2, 0.25) is 0 Å². The first-order valence-electron chi connectivity index (χ1n) is 11.8. The van der Waals surface area contributed by atoms with Gasteiger partial charge in [0.15, 0.2) is 5.57 Å². The van der Waals surface area contributed by atoms with Crippen LogP contribution in [0.1, 0.15) is 30.1 Å². The zero-order chi connectivity index (χ0) is 25.7. The topological polar surface area (TPSA) is 127 Å². The van der Waals surface area contributed by atoms with Gasteiger partial charge in [-0.3, -0.25) is 14.2 Å². The average molecular weight is 506 g/mol. The van der Waals surface area contributed by atoms with Crippen LogP contribution in [-0.4, -0.2) is 52.6 Å². The van der Waals surface area contributed by atoms with Crippen LogP contribution >= 0.6 is 11.3 Å². The molecular weight excluding hydrogens is 478 g/mol. The van der Waals surface area contributed by atoms with Gasteiger partial charge in [-0.25, -0.2) is 4.79 Å². The Hall–Kier alpha value is -3.94. The minimum Gasteiger partial charge on any atom is -0.477 e. The number of fused-ring (bicyclic) bond motifs is 1. The van der Waals surface area contributed by atoms with Crippen LogP contribution in [0, 0.1) is 11.3 Å². The Kier molecular flexibility index (Phi) is 7.83. The molecule has 0 aliphatic carbocycles. The molecular formula is C26H27N5O4S. The summed E-state index contributed by atoms with van der Waals surface area (Å²) in [4.78, 5) is 39.0. The molecule has 3 aromatic rings. The minimum absolute atomic E-state index is 0.0951. The number of carboxylic acids is 1. The Labute approximate surface area is 211 Å². The third-order valence-electron chi connectivity index (χ3n) is 6.15. The molecule has 0 saturated carbocycles. The number of amides is 1. The van der Waals surface area contributed by atoms with Crippen molar-refractivity contribution in [2.24, 2.45) is 0 Å². The van der Waals surface area contributed by atoms with E-state index in [1.807, 2.05) is 30.3 Å². The van der Waals surface area contributed by atoms with Crippen molar-refractivity contribution in [3.8, 4) is 6.07 Å². The van der Waals surface area contributed by atoms with Crippen LogP contribution in [0.5, 0.6) is 0 Å². The van der Waals surface area contributed by atoms with Gasteiger partial charge in [0.2, 0.25) is 0 Å².